The first kappa shape index (κ1) is 17.1. The van der Waals surface area contributed by atoms with Gasteiger partial charge in [-0.2, -0.15) is 34.8 Å². The highest BCUT2D eigenvalue weighted by Gasteiger charge is 2.81. The Labute approximate surface area is 95.9 Å². The van der Waals surface area contributed by atoms with E-state index in [0.717, 1.165) is 0 Å². The fourth-order valence-corrected chi connectivity index (χ4v) is 1.82. The van der Waals surface area contributed by atoms with Gasteiger partial charge in [-0.1, -0.05) is 0 Å². The highest BCUT2D eigenvalue weighted by atomic mass is 32.2. The van der Waals surface area contributed by atoms with Crippen LogP contribution in [0, 0.1) is 4.91 Å². The molecule has 0 aliphatic heterocycles. The van der Waals surface area contributed by atoms with Gasteiger partial charge in [0.05, 0.1) is 4.58 Å². The van der Waals surface area contributed by atoms with Crippen LogP contribution in [0.15, 0.2) is 4.58 Å². The molecule has 14 heteroatoms. The van der Waals surface area contributed by atoms with Gasteiger partial charge in [-0.25, -0.2) is 8.42 Å². The van der Waals surface area contributed by atoms with Gasteiger partial charge in [0, 0.05) is 6.26 Å². The zero-order valence-electron chi connectivity index (χ0n) is 8.07. The molecule has 0 atom stereocenters. The quantitative estimate of drug-likeness (QED) is 0.554. The number of nitrogens with zero attached hydrogens (tertiary/aromatic N) is 1. The molecule has 0 rings (SSSR count). The Morgan fingerprint density at radius 3 is 1.39 bits per heavy atom. The summed E-state index contributed by atoms with van der Waals surface area (Å²) < 4.78 is 118. The van der Waals surface area contributed by atoms with Crippen molar-refractivity contribution in [1.29, 1.82) is 0 Å². The minimum atomic E-state index is -6.87. The number of sulfonamides is 1. The van der Waals surface area contributed by atoms with Gasteiger partial charge >= 0.3 is 26.5 Å². The van der Waals surface area contributed by atoms with E-state index < -0.39 is 42.5 Å². The third-order valence-corrected chi connectivity index (χ3v) is 3.91. The van der Waals surface area contributed by atoms with Gasteiger partial charge < -0.3 is 0 Å². The lowest BCUT2D eigenvalue weighted by Crippen LogP contribution is -2.59. The molecule has 0 saturated carbocycles. The summed E-state index contributed by atoms with van der Waals surface area (Å²) in [5, 5.41) is -13.1. The lowest BCUT2D eigenvalue weighted by molar-refractivity contribution is -0.243. The fourth-order valence-electron chi connectivity index (χ4n) is 0.611. The molecule has 0 heterocycles. The van der Waals surface area contributed by atoms with Gasteiger partial charge in [0.15, 0.2) is 0 Å². The number of alkyl halides is 6. The van der Waals surface area contributed by atoms with Crippen molar-refractivity contribution in [3.63, 3.8) is 0 Å². The van der Waals surface area contributed by atoms with E-state index >= 15 is 0 Å². The van der Waals surface area contributed by atoms with E-state index in [4.69, 9.17) is 0 Å². The molecule has 0 aromatic rings. The molecule has 0 saturated heterocycles. The number of sulfone groups is 1. The fraction of sp³-hybridized carbons (Fsp3) is 1.00. The minimum absolute atomic E-state index is 0.516. The van der Waals surface area contributed by atoms with E-state index in [-0.39, 0.29) is 0 Å². The summed E-state index contributed by atoms with van der Waals surface area (Å²) in [5.74, 6) is -6.87. The Hall–Kier alpha value is -0.920. The van der Waals surface area contributed by atoms with Gasteiger partial charge in [-0.05, 0) is 0 Å². The molecule has 0 spiro atoms. The van der Waals surface area contributed by atoms with E-state index in [2.05, 4.69) is 0 Å². The van der Waals surface area contributed by atoms with Crippen LogP contribution < -0.4 is 0 Å². The second-order valence-corrected chi connectivity index (χ2v) is 6.60. The zero-order chi connectivity index (χ0) is 15.2. The van der Waals surface area contributed by atoms with Crippen LogP contribution in [-0.4, -0.2) is 39.5 Å². The van der Waals surface area contributed by atoms with Crippen LogP contribution in [0.2, 0.25) is 0 Å². The Kier molecular flexibility index (Phi) is 3.83. The molecule has 0 aromatic heterocycles. The summed E-state index contributed by atoms with van der Waals surface area (Å²) in [6.07, 6.45) is -0.516. The second-order valence-electron chi connectivity index (χ2n) is 2.93. The number of halogens is 6. The summed E-state index contributed by atoms with van der Waals surface area (Å²) in [7, 11) is -12.9. The van der Waals surface area contributed by atoms with Gasteiger partial charge in [-0.15, -0.1) is 4.91 Å². The Morgan fingerprint density at radius 1 is 0.833 bits per heavy atom. The van der Waals surface area contributed by atoms with Crippen molar-refractivity contribution in [3.05, 3.63) is 4.91 Å². The maximum absolute atomic E-state index is 12.7. The van der Waals surface area contributed by atoms with E-state index in [1.165, 1.54) is 0 Å². The van der Waals surface area contributed by atoms with Gasteiger partial charge in [0.25, 0.3) is 0 Å². The molecular formula is C4H3F6NO5S2. The molecule has 0 aliphatic rings. The molecule has 0 fully saturated rings. The summed E-state index contributed by atoms with van der Waals surface area (Å²) in [6, 6.07) is 0. The molecule has 0 unspecified atom stereocenters. The number of hydrogen-bond acceptors (Lipinski definition) is 5. The van der Waals surface area contributed by atoms with Crippen LogP contribution in [0.3, 0.4) is 0 Å². The topological polar surface area (TPSA) is 97.7 Å². The van der Waals surface area contributed by atoms with Crippen LogP contribution in [0.1, 0.15) is 0 Å². The van der Waals surface area contributed by atoms with Gasteiger partial charge in [-0.3, -0.25) is 0 Å². The SMILES string of the molecule is CS(=O)(=O)C(F)(F)C(F)(F)C(F)(F)S(=O)(=O)N=O. The molecule has 108 valence electrons. The average molecular weight is 323 g/mol. The summed E-state index contributed by atoms with van der Waals surface area (Å²) >= 11 is 0. The average Bonchev–Trinajstić information content (AvgIpc) is 2.15. The van der Waals surface area contributed by atoms with E-state index in [1.807, 2.05) is 0 Å². The monoisotopic (exact) mass is 323 g/mol. The first-order chi connectivity index (χ1) is 7.56. The summed E-state index contributed by atoms with van der Waals surface area (Å²) in [6.45, 7) is 0. The van der Waals surface area contributed by atoms with Crippen LogP contribution in [-0.2, 0) is 19.9 Å². The summed E-state index contributed by atoms with van der Waals surface area (Å²) in [4.78, 5) is 9.45. The predicted molar refractivity (Wildman–Crippen MR) is 44.4 cm³/mol. The van der Waals surface area contributed by atoms with Crippen molar-refractivity contribution in [3.8, 4) is 0 Å². The molecule has 6 nitrogen and oxygen atoms in total. The molecule has 18 heavy (non-hydrogen) atoms. The highest BCUT2D eigenvalue weighted by Crippen LogP contribution is 2.50. The van der Waals surface area contributed by atoms with E-state index in [0.29, 0.717) is 4.58 Å². The lowest BCUT2D eigenvalue weighted by Gasteiger charge is -2.28. The van der Waals surface area contributed by atoms with Gasteiger partial charge in [0.2, 0.25) is 9.84 Å². The van der Waals surface area contributed by atoms with Crippen LogP contribution >= 0.6 is 0 Å². The summed E-state index contributed by atoms with van der Waals surface area (Å²) in [5.41, 5.74) is 0. The molecule has 0 amide bonds. The first-order valence-corrected chi connectivity index (χ1v) is 6.81. The maximum atomic E-state index is 12.7. The standard InChI is InChI=1S/C4H3F6NO5S2/c1-17(13,14)3(7,8)2(5,6)4(9,10)18(15,16)11-12/h1H3. The van der Waals surface area contributed by atoms with Crippen LogP contribution in [0.25, 0.3) is 0 Å². The van der Waals surface area contributed by atoms with Crippen LogP contribution in [0.5, 0.6) is 0 Å². The third-order valence-electron chi connectivity index (χ3n) is 1.62. The van der Waals surface area contributed by atoms with Crippen molar-refractivity contribution in [2.24, 2.45) is 4.58 Å². The molecule has 0 bridgehead atoms. The minimum Gasteiger partial charge on any atom is -0.223 e. The number of nitroso groups, excluding NO2 is 1. The zero-order valence-corrected chi connectivity index (χ0v) is 9.71. The molecule has 0 N–H and O–H groups in total. The third kappa shape index (κ3) is 2.06. The molecule has 0 aromatic carbocycles. The number of rotatable bonds is 5. The maximum Gasteiger partial charge on any atom is 0.437 e. The molecule has 0 radical (unpaired) electrons. The van der Waals surface area contributed by atoms with Crippen molar-refractivity contribution in [1.82, 2.24) is 0 Å². The molecule has 0 aliphatic carbocycles. The normalized spacial score (nSPS) is 15.5. The Balaban J connectivity index is 6.22. The van der Waals surface area contributed by atoms with Crippen molar-refractivity contribution in [2.45, 2.75) is 16.4 Å². The molecular weight excluding hydrogens is 320 g/mol. The number of hydrogen-bond donors (Lipinski definition) is 0. The van der Waals surface area contributed by atoms with Crippen LogP contribution in [0.4, 0.5) is 26.3 Å². The van der Waals surface area contributed by atoms with Gasteiger partial charge in [0.1, 0.15) is 0 Å². The lowest BCUT2D eigenvalue weighted by atomic mass is 10.3. The van der Waals surface area contributed by atoms with Crippen molar-refractivity contribution in [2.75, 3.05) is 6.26 Å². The first-order valence-electron chi connectivity index (χ1n) is 3.48. The van der Waals surface area contributed by atoms with Crippen molar-refractivity contribution >= 4 is 19.9 Å². The Morgan fingerprint density at radius 2 is 1.17 bits per heavy atom. The highest BCUT2D eigenvalue weighted by molar-refractivity contribution is 7.92. The predicted octanol–water partition coefficient (Wildman–Crippen LogP) is 0.948. The second kappa shape index (κ2) is 4.04. The largest absolute Gasteiger partial charge is 0.437 e. The Bertz CT molecular complexity index is 551. The smallest absolute Gasteiger partial charge is 0.223 e. The van der Waals surface area contributed by atoms with E-state index in [1.54, 1.807) is 0 Å². The van der Waals surface area contributed by atoms with Crippen molar-refractivity contribution < 1.29 is 43.2 Å². The van der Waals surface area contributed by atoms with E-state index in [9.17, 15) is 48.1 Å².